The zero-order chi connectivity index (χ0) is 16.5. The summed E-state index contributed by atoms with van der Waals surface area (Å²) in [4.78, 5) is 12.4. The molecule has 0 fully saturated rings. The molecule has 2 aromatic rings. The Bertz CT molecular complexity index is 640. The molecular weight excluding hydrogens is 290 g/mol. The molecular formula is C19H23NO3. The summed E-state index contributed by atoms with van der Waals surface area (Å²) < 4.78 is 11.1. The van der Waals surface area contributed by atoms with Gasteiger partial charge >= 0.3 is 0 Å². The van der Waals surface area contributed by atoms with Gasteiger partial charge in [0.05, 0.1) is 13.2 Å². The summed E-state index contributed by atoms with van der Waals surface area (Å²) in [5, 5.41) is 2.88. The van der Waals surface area contributed by atoms with Crippen molar-refractivity contribution in [2.24, 2.45) is 0 Å². The molecule has 0 saturated carbocycles. The molecule has 0 spiro atoms. The smallest absolute Gasteiger partial charge is 0.255 e. The monoisotopic (exact) mass is 313 g/mol. The Balaban J connectivity index is 2.03. The maximum Gasteiger partial charge on any atom is 0.255 e. The van der Waals surface area contributed by atoms with Crippen LogP contribution >= 0.6 is 0 Å². The molecule has 23 heavy (non-hydrogen) atoms. The third-order valence-electron chi connectivity index (χ3n) is 3.13. The summed E-state index contributed by atoms with van der Waals surface area (Å²) in [6.45, 7) is 5.40. The van der Waals surface area contributed by atoms with Crippen molar-refractivity contribution in [3.63, 3.8) is 0 Å². The Morgan fingerprint density at radius 1 is 0.913 bits per heavy atom. The highest BCUT2D eigenvalue weighted by Gasteiger charge is 2.08. The number of rotatable bonds is 8. The van der Waals surface area contributed by atoms with E-state index < -0.39 is 0 Å². The maximum atomic E-state index is 12.4. The number of nitrogens with one attached hydrogen (secondary N) is 1. The average molecular weight is 313 g/mol. The zero-order valence-electron chi connectivity index (χ0n) is 13.7. The molecule has 0 aromatic heterocycles. The quantitative estimate of drug-likeness (QED) is 0.779. The fourth-order valence-corrected chi connectivity index (χ4v) is 2.03. The summed E-state index contributed by atoms with van der Waals surface area (Å²) in [7, 11) is 0. The predicted octanol–water partition coefficient (Wildman–Crippen LogP) is 4.52. The van der Waals surface area contributed by atoms with Gasteiger partial charge in [-0.3, -0.25) is 4.79 Å². The van der Waals surface area contributed by atoms with Gasteiger partial charge in [0.1, 0.15) is 11.5 Å². The van der Waals surface area contributed by atoms with Gasteiger partial charge in [-0.15, -0.1) is 0 Å². The summed E-state index contributed by atoms with van der Waals surface area (Å²) in [5.41, 5.74) is 1.28. The van der Waals surface area contributed by atoms with Crippen LogP contribution in [0.4, 0.5) is 5.69 Å². The lowest BCUT2D eigenvalue weighted by Crippen LogP contribution is -2.12. The number of carbonyl (C=O) groups excluding carboxylic acids is 1. The Hall–Kier alpha value is -2.49. The van der Waals surface area contributed by atoms with E-state index in [1.807, 2.05) is 43.3 Å². The van der Waals surface area contributed by atoms with E-state index in [0.717, 1.165) is 18.6 Å². The van der Waals surface area contributed by atoms with E-state index >= 15 is 0 Å². The Kier molecular flexibility index (Phi) is 6.48. The number of hydrogen-bond acceptors (Lipinski definition) is 3. The van der Waals surface area contributed by atoms with E-state index in [1.165, 1.54) is 0 Å². The highest BCUT2D eigenvalue weighted by Crippen LogP contribution is 2.19. The van der Waals surface area contributed by atoms with Gasteiger partial charge in [-0.25, -0.2) is 0 Å². The molecule has 0 unspecified atom stereocenters. The normalized spacial score (nSPS) is 10.2. The van der Waals surface area contributed by atoms with Crippen molar-refractivity contribution >= 4 is 11.6 Å². The van der Waals surface area contributed by atoms with Crippen LogP contribution in [-0.2, 0) is 0 Å². The molecule has 122 valence electrons. The number of benzene rings is 2. The number of anilines is 1. The predicted molar refractivity (Wildman–Crippen MR) is 92.4 cm³/mol. The summed E-state index contributed by atoms with van der Waals surface area (Å²) in [6, 6.07) is 14.6. The molecule has 1 N–H and O–H groups in total. The van der Waals surface area contributed by atoms with Crippen LogP contribution < -0.4 is 14.8 Å². The van der Waals surface area contributed by atoms with Gasteiger partial charge in [-0.1, -0.05) is 26.0 Å². The second-order valence-electron chi connectivity index (χ2n) is 5.21. The molecule has 0 heterocycles. The van der Waals surface area contributed by atoms with Crippen LogP contribution in [0.3, 0.4) is 0 Å². The Morgan fingerprint density at radius 2 is 1.52 bits per heavy atom. The summed E-state index contributed by atoms with van der Waals surface area (Å²) in [5.74, 6) is 1.30. The van der Waals surface area contributed by atoms with Crippen LogP contribution in [0.25, 0.3) is 0 Å². The van der Waals surface area contributed by atoms with Gasteiger partial charge in [0, 0.05) is 17.3 Å². The first-order valence-electron chi connectivity index (χ1n) is 8.00. The first-order chi connectivity index (χ1) is 11.2. The zero-order valence-corrected chi connectivity index (χ0v) is 13.7. The van der Waals surface area contributed by atoms with Gasteiger partial charge in [-0.2, -0.15) is 0 Å². The number of ether oxygens (including phenoxy) is 2. The van der Waals surface area contributed by atoms with Crippen molar-refractivity contribution in [1.82, 2.24) is 0 Å². The molecule has 4 nitrogen and oxygen atoms in total. The van der Waals surface area contributed by atoms with Crippen molar-refractivity contribution in [3.05, 3.63) is 54.1 Å². The molecule has 0 bridgehead atoms. The van der Waals surface area contributed by atoms with Crippen LogP contribution in [0.2, 0.25) is 0 Å². The molecule has 1 amide bonds. The fourth-order valence-electron chi connectivity index (χ4n) is 2.03. The lowest BCUT2D eigenvalue weighted by molar-refractivity contribution is 0.102. The maximum absolute atomic E-state index is 12.4. The van der Waals surface area contributed by atoms with Crippen molar-refractivity contribution in [1.29, 1.82) is 0 Å². The van der Waals surface area contributed by atoms with E-state index in [2.05, 4.69) is 12.2 Å². The molecule has 0 radical (unpaired) electrons. The summed E-state index contributed by atoms with van der Waals surface area (Å²) >= 11 is 0. The minimum atomic E-state index is -0.167. The highest BCUT2D eigenvalue weighted by atomic mass is 16.5. The van der Waals surface area contributed by atoms with Crippen molar-refractivity contribution in [3.8, 4) is 11.5 Å². The Labute approximate surface area is 137 Å². The standard InChI is InChI=1S/C19H23NO3/c1-3-11-22-17-9-5-7-15(13-17)19(21)20-16-8-6-10-18(14-16)23-12-4-2/h5-10,13-14H,3-4,11-12H2,1-2H3,(H,20,21). The van der Waals surface area contributed by atoms with Crippen molar-refractivity contribution in [2.75, 3.05) is 18.5 Å². The van der Waals surface area contributed by atoms with Crippen LogP contribution in [0.5, 0.6) is 11.5 Å². The molecule has 0 aliphatic rings. The lowest BCUT2D eigenvalue weighted by atomic mass is 10.2. The van der Waals surface area contributed by atoms with Gasteiger partial charge in [0.25, 0.3) is 5.91 Å². The van der Waals surface area contributed by atoms with Gasteiger partial charge in [0.15, 0.2) is 0 Å². The third-order valence-corrected chi connectivity index (χ3v) is 3.13. The second kappa shape index (κ2) is 8.83. The van der Waals surface area contributed by atoms with Crippen molar-refractivity contribution < 1.29 is 14.3 Å². The first-order valence-corrected chi connectivity index (χ1v) is 8.00. The van der Waals surface area contributed by atoms with E-state index in [0.29, 0.717) is 30.2 Å². The molecule has 4 heteroatoms. The van der Waals surface area contributed by atoms with Crippen molar-refractivity contribution in [2.45, 2.75) is 26.7 Å². The number of amides is 1. The molecule has 0 aliphatic carbocycles. The molecule has 0 atom stereocenters. The number of hydrogen-bond donors (Lipinski definition) is 1. The first kappa shape index (κ1) is 16.9. The van der Waals surface area contributed by atoms with E-state index in [-0.39, 0.29) is 5.91 Å². The van der Waals surface area contributed by atoms with Gasteiger partial charge in [0.2, 0.25) is 0 Å². The van der Waals surface area contributed by atoms with Crippen LogP contribution in [0.1, 0.15) is 37.0 Å². The van der Waals surface area contributed by atoms with Gasteiger partial charge in [-0.05, 0) is 43.2 Å². The third kappa shape index (κ3) is 5.33. The van der Waals surface area contributed by atoms with E-state index in [9.17, 15) is 4.79 Å². The lowest BCUT2D eigenvalue weighted by Gasteiger charge is -2.10. The highest BCUT2D eigenvalue weighted by molar-refractivity contribution is 6.04. The minimum absolute atomic E-state index is 0.167. The minimum Gasteiger partial charge on any atom is -0.494 e. The topological polar surface area (TPSA) is 47.6 Å². The fraction of sp³-hybridized carbons (Fsp3) is 0.316. The van der Waals surface area contributed by atoms with Crippen LogP contribution in [0.15, 0.2) is 48.5 Å². The molecule has 0 aliphatic heterocycles. The van der Waals surface area contributed by atoms with E-state index in [1.54, 1.807) is 12.1 Å². The van der Waals surface area contributed by atoms with Crippen LogP contribution in [0, 0.1) is 0 Å². The average Bonchev–Trinajstić information content (AvgIpc) is 2.58. The van der Waals surface area contributed by atoms with Gasteiger partial charge < -0.3 is 14.8 Å². The largest absolute Gasteiger partial charge is 0.494 e. The molecule has 2 aromatic carbocycles. The molecule has 0 saturated heterocycles. The second-order valence-corrected chi connectivity index (χ2v) is 5.21. The summed E-state index contributed by atoms with van der Waals surface area (Å²) in [6.07, 6.45) is 1.88. The van der Waals surface area contributed by atoms with Crippen LogP contribution in [-0.4, -0.2) is 19.1 Å². The van der Waals surface area contributed by atoms with E-state index in [4.69, 9.17) is 9.47 Å². The Morgan fingerprint density at radius 3 is 2.17 bits per heavy atom. The molecule has 2 rings (SSSR count). The number of carbonyl (C=O) groups is 1. The SMILES string of the molecule is CCCOc1cccc(NC(=O)c2cccc(OCCC)c2)c1.